The number of benzene rings is 1. The van der Waals surface area contributed by atoms with E-state index in [9.17, 15) is 0 Å². The van der Waals surface area contributed by atoms with Crippen molar-refractivity contribution in [1.29, 1.82) is 0 Å². The Morgan fingerprint density at radius 1 is 1.28 bits per heavy atom. The monoisotopic (exact) mass is 246 g/mol. The van der Waals surface area contributed by atoms with E-state index in [1.165, 1.54) is 12.0 Å². The van der Waals surface area contributed by atoms with Crippen LogP contribution in [0.15, 0.2) is 30.3 Å². The molecule has 2 atom stereocenters. The van der Waals surface area contributed by atoms with Gasteiger partial charge in [0.2, 0.25) is 0 Å². The number of nitrogens with zero attached hydrogens (tertiary/aromatic N) is 1. The Balaban J connectivity index is 2.27. The summed E-state index contributed by atoms with van der Waals surface area (Å²) >= 11 is 0. The summed E-state index contributed by atoms with van der Waals surface area (Å²) < 4.78 is 0. The lowest BCUT2D eigenvalue weighted by Gasteiger charge is -2.38. The standard InChI is InChI=1S/C16H26N2/c1-13(2)18-12-16(4,17-11-10-14(18)3)15-8-6-5-7-9-15/h5-9,13-14,17H,10-12H2,1-4H3. The summed E-state index contributed by atoms with van der Waals surface area (Å²) in [4.78, 5) is 2.62. The Morgan fingerprint density at radius 2 is 1.94 bits per heavy atom. The van der Waals surface area contributed by atoms with Gasteiger partial charge in [0.05, 0.1) is 5.54 Å². The van der Waals surface area contributed by atoms with Gasteiger partial charge in [-0.15, -0.1) is 0 Å². The van der Waals surface area contributed by atoms with Crippen LogP contribution in [-0.2, 0) is 5.54 Å². The second-order valence-corrected chi connectivity index (χ2v) is 6.03. The minimum absolute atomic E-state index is 0.0658. The third-order valence-corrected chi connectivity index (χ3v) is 4.22. The van der Waals surface area contributed by atoms with E-state index in [0.29, 0.717) is 12.1 Å². The Hall–Kier alpha value is -0.860. The maximum atomic E-state index is 3.75. The summed E-state index contributed by atoms with van der Waals surface area (Å²) in [6.45, 7) is 11.4. The Morgan fingerprint density at radius 3 is 2.56 bits per heavy atom. The molecule has 0 radical (unpaired) electrons. The van der Waals surface area contributed by atoms with Crippen molar-refractivity contribution in [3.8, 4) is 0 Å². The topological polar surface area (TPSA) is 15.3 Å². The molecule has 2 rings (SSSR count). The Kier molecular flexibility index (Phi) is 4.08. The van der Waals surface area contributed by atoms with Gasteiger partial charge in [-0.25, -0.2) is 0 Å². The molecule has 1 aromatic carbocycles. The normalized spacial score (nSPS) is 30.4. The fraction of sp³-hybridized carbons (Fsp3) is 0.625. The molecule has 100 valence electrons. The first-order valence-electron chi connectivity index (χ1n) is 7.09. The lowest BCUT2D eigenvalue weighted by molar-refractivity contribution is 0.136. The molecule has 1 aliphatic heterocycles. The van der Waals surface area contributed by atoms with E-state index >= 15 is 0 Å². The lowest BCUT2D eigenvalue weighted by Crippen LogP contribution is -2.49. The van der Waals surface area contributed by atoms with Crippen LogP contribution in [-0.4, -0.2) is 30.1 Å². The number of hydrogen-bond donors (Lipinski definition) is 1. The summed E-state index contributed by atoms with van der Waals surface area (Å²) in [5.41, 5.74) is 1.46. The van der Waals surface area contributed by atoms with Crippen LogP contribution in [0, 0.1) is 0 Å². The van der Waals surface area contributed by atoms with E-state index in [1.807, 2.05) is 0 Å². The van der Waals surface area contributed by atoms with Gasteiger partial charge in [0, 0.05) is 18.6 Å². The van der Waals surface area contributed by atoms with Crippen molar-refractivity contribution >= 4 is 0 Å². The molecule has 0 aliphatic carbocycles. The molecule has 2 heteroatoms. The van der Waals surface area contributed by atoms with Gasteiger partial charge in [0.1, 0.15) is 0 Å². The summed E-state index contributed by atoms with van der Waals surface area (Å²) in [6, 6.07) is 12.1. The fourth-order valence-corrected chi connectivity index (χ4v) is 2.99. The summed E-state index contributed by atoms with van der Waals surface area (Å²) in [5.74, 6) is 0. The molecule has 0 saturated carbocycles. The predicted octanol–water partition coefficient (Wildman–Crippen LogP) is 2.99. The number of rotatable bonds is 2. The zero-order chi connectivity index (χ0) is 13.2. The van der Waals surface area contributed by atoms with E-state index < -0.39 is 0 Å². The molecule has 1 saturated heterocycles. The molecule has 1 heterocycles. The van der Waals surface area contributed by atoms with Crippen LogP contribution >= 0.6 is 0 Å². The summed E-state index contributed by atoms with van der Waals surface area (Å²) in [5, 5.41) is 3.75. The van der Waals surface area contributed by atoms with E-state index in [1.54, 1.807) is 0 Å². The van der Waals surface area contributed by atoms with Crippen molar-refractivity contribution < 1.29 is 0 Å². The van der Waals surface area contributed by atoms with Gasteiger partial charge >= 0.3 is 0 Å². The number of hydrogen-bond acceptors (Lipinski definition) is 2. The molecular formula is C16H26N2. The van der Waals surface area contributed by atoms with Crippen molar-refractivity contribution in [2.24, 2.45) is 0 Å². The average Bonchev–Trinajstić information content (AvgIpc) is 2.51. The van der Waals surface area contributed by atoms with Gasteiger partial charge in [-0.1, -0.05) is 30.3 Å². The van der Waals surface area contributed by atoms with Gasteiger partial charge in [0.15, 0.2) is 0 Å². The largest absolute Gasteiger partial charge is 0.306 e. The molecule has 1 fully saturated rings. The van der Waals surface area contributed by atoms with Crippen LogP contribution in [0.1, 0.15) is 39.7 Å². The zero-order valence-corrected chi connectivity index (χ0v) is 12.1. The highest BCUT2D eigenvalue weighted by Gasteiger charge is 2.33. The molecule has 0 bridgehead atoms. The van der Waals surface area contributed by atoms with Crippen molar-refractivity contribution in [1.82, 2.24) is 10.2 Å². The third kappa shape index (κ3) is 2.76. The van der Waals surface area contributed by atoms with E-state index in [4.69, 9.17) is 0 Å². The number of nitrogens with one attached hydrogen (secondary N) is 1. The van der Waals surface area contributed by atoms with E-state index in [2.05, 4.69) is 68.2 Å². The molecule has 1 aromatic rings. The lowest BCUT2D eigenvalue weighted by atomic mass is 9.91. The maximum absolute atomic E-state index is 3.75. The average molecular weight is 246 g/mol. The Labute approximate surface area is 111 Å². The maximum Gasteiger partial charge on any atom is 0.0535 e. The highest BCUT2D eigenvalue weighted by atomic mass is 15.2. The van der Waals surface area contributed by atoms with Crippen molar-refractivity contribution in [3.63, 3.8) is 0 Å². The fourth-order valence-electron chi connectivity index (χ4n) is 2.99. The minimum Gasteiger partial charge on any atom is -0.306 e. The summed E-state index contributed by atoms with van der Waals surface area (Å²) in [7, 11) is 0. The van der Waals surface area contributed by atoms with E-state index in [0.717, 1.165) is 13.1 Å². The quantitative estimate of drug-likeness (QED) is 0.863. The third-order valence-electron chi connectivity index (χ3n) is 4.22. The minimum atomic E-state index is 0.0658. The van der Waals surface area contributed by atoms with Crippen LogP contribution < -0.4 is 5.32 Å². The second-order valence-electron chi connectivity index (χ2n) is 6.03. The highest BCUT2D eigenvalue weighted by Crippen LogP contribution is 2.27. The van der Waals surface area contributed by atoms with Crippen LogP contribution in [0.2, 0.25) is 0 Å². The first-order chi connectivity index (χ1) is 8.53. The molecule has 0 amide bonds. The van der Waals surface area contributed by atoms with Gasteiger partial charge in [-0.3, -0.25) is 4.90 Å². The smallest absolute Gasteiger partial charge is 0.0535 e. The first-order valence-corrected chi connectivity index (χ1v) is 7.09. The molecule has 2 nitrogen and oxygen atoms in total. The van der Waals surface area contributed by atoms with Gasteiger partial charge in [-0.2, -0.15) is 0 Å². The van der Waals surface area contributed by atoms with Crippen LogP contribution in [0.4, 0.5) is 0 Å². The van der Waals surface area contributed by atoms with Crippen molar-refractivity contribution in [2.75, 3.05) is 13.1 Å². The molecule has 1 N–H and O–H groups in total. The van der Waals surface area contributed by atoms with E-state index in [-0.39, 0.29) is 5.54 Å². The summed E-state index contributed by atoms with van der Waals surface area (Å²) in [6.07, 6.45) is 1.22. The molecule has 2 unspecified atom stereocenters. The zero-order valence-electron chi connectivity index (χ0n) is 12.1. The molecule has 18 heavy (non-hydrogen) atoms. The van der Waals surface area contributed by atoms with Crippen molar-refractivity contribution in [3.05, 3.63) is 35.9 Å². The van der Waals surface area contributed by atoms with Gasteiger partial charge in [0.25, 0.3) is 0 Å². The van der Waals surface area contributed by atoms with Crippen molar-refractivity contribution in [2.45, 2.75) is 51.7 Å². The SMILES string of the molecule is CC(C)N1CC(C)(c2ccccc2)NCCC1C. The highest BCUT2D eigenvalue weighted by molar-refractivity contribution is 5.24. The molecule has 0 aromatic heterocycles. The first kappa shape index (κ1) is 13.6. The second kappa shape index (κ2) is 5.41. The Bertz CT molecular complexity index is 374. The molecule has 1 aliphatic rings. The van der Waals surface area contributed by atoms with Crippen LogP contribution in [0.5, 0.6) is 0 Å². The van der Waals surface area contributed by atoms with Gasteiger partial charge in [-0.05, 0) is 46.2 Å². The predicted molar refractivity (Wildman–Crippen MR) is 77.7 cm³/mol. The van der Waals surface area contributed by atoms with Gasteiger partial charge < -0.3 is 5.32 Å². The molecule has 0 spiro atoms. The van der Waals surface area contributed by atoms with Crippen LogP contribution in [0.3, 0.4) is 0 Å². The molecular weight excluding hydrogens is 220 g/mol. The van der Waals surface area contributed by atoms with Crippen LogP contribution in [0.25, 0.3) is 0 Å².